The third-order valence-electron chi connectivity index (χ3n) is 2.38. The lowest BCUT2D eigenvalue weighted by atomic mass is 10.2. The van der Waals surface area contributed by atoms with Crippen LogP contribution in [0.3, 0.4) is 0 Å². The smallest absolute Gasteiger partial charge is 0.307 e. The summed E-state index contributed by atoms with van der Waals surface area (Å²) < 4.78 is 1.27. The number of hydrogen-bond donors (Lipinski definition) is 0. The predicted octanol–water partition coefficient (Wildman–Crippen LogP) is -0.404. The largest absolute Gasteiger partial charge is 0.340 e. The summed E-state index contributed by atoms with van der Waals surface area (Å²) >= 11 is 0. The fourth-order valence-corrected chi connectivity index (χ4v) is 1.64. The summed E-state index contributed by atoms with van der Waals surface area (Å²) in [5.41, 5.74) is -0.672. The van der Waals surface area contributed by atoms with E-state index in [0.29, 0.717) is 0 Å². The molecule has 2 heterocycles. The van der Waals surface area contributed by atoms with Gasteiger partial charge >= 0.3 is 11.1 Å². The van der Waals surface area contributed by atoms with Crippen LogP contribution in [-0.2, 0) is 0 Å². The van der Waals surface area contributed by atoms with Gasteiger partial charge in [-0.1, -0.05) is 12.8 Å². The monoisotopic (exact) mass is 168 g/mol. The average Bonchev–Trinajstić information content (AvgIpc) is 2.72. The summed E-state index contributed by atoms with van der Waals surface area (Å²) in [5, 5.41) is 1.87. The normalized spacial score (nSPS) is 19.8. The van der Waals surface area contributed by atoms with Crippen LogP contribution in [0.2, 0.25) is 0 Å². The Balaban J connectivity index is 2.08. The first-order valence-corrected chi connectivity index (χ1v) is 4.44. The molecule has 0 N–H and O–H groups in total. The predicted molar refractivity (Wildman–Crippen MR) is 45.8 cm³/mol. The van der Waals surface area contributed by atoms with Gasteiger partial charge in [-0.15, -0.1) is 0 Å². The summed E-state index contributed by atoms with van der Waals surface area (Å²) in [5.74, 6) is 0. The number of rotatable bonds is 1. The van der Waals surface area contributed by atoms with E-state index in [1.165, 1.54) is 17.5 Å². The molecule has 4 nitrogen and oxygen atoms in total. The Morgan fingerprint density at radius 3 is 1.75 bits per heavy atom. The summed E-state index contributed by atoms with van der Waals surface area (Å²) in [6.07, 6.45) is 4.62. The van der Waals surface area contributed by atoms with E-state index in [9.17, 15) is 9.59 Å². The Kier molecular flexibility index (Phi) is 1.75. The van der Waals surface area contributed by atoms with Crippen LogP contribution in [0.4, 0.5) is 0 Å². The zero-order valence-corrected chi connectivity index (χ0v) is 6.95. The van der Waals surface area contributed by atoms with Crippen LogP contribution in [0.5, 0.6) is 0 Å². The van der Waals surface area contributed by atoms with E-state index in [1.54, 1.807) is 0 Å². The Morgan fingerprint density at radius 2 is 1.33 bits per heavy atom. The lowest BCUT2D eigenvalue weighted by Gasteiger charge is -2.16. The second kappa shape index (κ2) is 2.77. The van der Waals surface area contributed by atoms with Crippen LogP contribution < -0.4 is 16.1 Å². The van der Waals surface area contributed by atoms with Crippen LogP contribution in [-0.4, -0.2) is 17.8 Å². The first-order valence-electron chi connectivity index (χ1n) is 4.44. The lowest BCUT2D eigenvalue weighted by Crippen LogP contribution is -2.34. The molecule has 0 aliphatic carbocycles. The highest BCUT2D eigenvalue weighted by Crippen LogP contribution is 2.07. The standard InChI is InChI=1S/C8H12N2O2/c11-7-8(12)10(7)9-5-3-1-2-4-6-9/h1-6H2. The van der Waals surface area contributed by atoms with Crippen molar-refractivity contribution >= 4 is 0 Å². The van der Waals surface area contributed by atoms with Gasteiger partial charge < -0.3 is 5.01 Å². The maximum absolute atomic E-state index is 10.8. The number of nitrogens with zero attached hydrogens (tertiary/aromatic N) is 2. The molecule has 1 aliphatic rings. The van der Waals surface area contributed by atoms with Gasteiger partial charge in [-0.25, -0.2) is 0 Å². The fraction of sp³-hybridized carbons (Fsp3) is 0.750. The molecule has 0 unspecified atom stereocenters. The van der Waals surface area contributed by atoms with Gasteiger partial charge in [0.25, 0.3) is 0 Å². The molecule has 0 saturated carbocycles. The van der Waals surface area contributed by atoms with Crippen LogP contribution >= 0.6 is 0 Å². The third kappa shape index (κ3) is 1.17. The first kappa shape index (κ1) is 7.58. The molecular formula is C8H12N2O2. The van der Waals surface area contributed by atoms with Crippen molar-refractivity contribution in [3.8, 4) is 0 Å². The maximum Gasteiger partial charge on any atom is 0.340 e. The van der Waals surface area contributed by atoms with E-state index in [4.69, 9.17) is 0 Å². The minimum absolute atomic E-state index is 0.336. The molecule has 0 amide bonds. The van der Waals surface area contributed by atoms with Crippen LogP contribution in [0.15, 0.2) is 9.59 Å². The van der Waals surface area contributed by atoms with Crippen molar-refractivity contribution in [1.29, 1.82) is 0 Å². The Morgan fingerprint density at radius 1 is 0.833 bits per heavy atom. The van der Waals surface area contributed by atoms with Gasteiger partial charge in [0.2, 0.25) is 0 Å². The molecule has 1 saturated heterocycles. The average molecular weight is 168 g/mol. The summed E-state index contributed by atoms with van der Waals surface area (Å²) in [6, 6.07) is 0. The van der Waals surface area contributed by atoms with Crippen molar-refractivity contribution in [2.45, 2.75) is 25.7 Å². The summed E-state index contributed by atoms with van der Waals surface area (Å²) in [4.78, 5) is 21.5. The molecule has 1 aromatic rings. The van der Waals surface area contributed by atoms with E-state index in [2.05, 4.69) is 0 Å². The van der Waals surface area contributed by atoms with Crippen molar-refractivity contribution in [2.24, 2.45) is 0 Å². The van der Waals surface area contributed by atoms with Gasteiger partial charge in [0.1, 0.15) is 0 Å². The maximum atomic E-state index is 10.8. The minimum atomic E-state index is -0.336. The Bertz CT molecular complexity index is 302. The quantitative estimate of drug-likeness (QED) is 0.536. The Labute approximate surface area is 70.1 Å². The van der Waals surface area contributed by atoms with Crippen molar-refractivity contribution in [2.75, 3.05) is 18.1 Å². The first-order chi connectivity index (χ1) is 5.80. The third-order valence-corrected chi connectivity index (χ3v) is 2.38. The molecule has 0 bridgehead atoms. The Hall–Kier alpha value is -1.06. The minimum Gasteiger partial charge on any atom is -0.307 e. The fourth-order valence-electron chi connectivity index (χ4n) is 1.64. The van der Waals surface area contributed by atoms with Crippen LogP contribution in [0, 0.1) is 0 Å². The summed E-state index contributed by atoms with van der Waals surface area (Å²) in [7, 11) is 0. The number of hydrogen-bond acceptors (Lipinski definition) is 3. The van der Waals surface area contributed by atoms with Gasteiger partial charge in [-0.3, -0.25) is 9.59 Å². The van der Waals surface area contributed by atoms with Gasteiger partial charge in [0, 0.05) is 13.1 Å². The molecule has 0 spiro atoms. The highest BCUT2D eigenvalue weighted by atomic mass is 16.2. The summed E-state index contributed by atoms with van der Waals surface area (Å²) in [6.45, 7) is 1.72. The molecular weight excluding hydrogens is 156 g/mol. The van der Waals surface area contributed by atoms with Gasteiger partial charge in [-0.05, 0) is 12.8 Å². The van der Waals surface area contributed by atoms with Crippen molar-refractivity contribution in [3.05, 3.63) is 20.7 Å². The van der Waals surface area contributed by atoms with E-state index in [0.717, 1.165) is 25.9 Å². The van der Waals surface area contributed by atoms with E-state index in [-0.39, 0.29) is 11.1 Å². The SMILES string of the molecule is O=c1c(=O)n1N1CCCCCC1. The highest BCUT2D eigenvalue weighted by molar-refractivity contribution is 4.99. The molecule has 0 atom stereocenters. The van der Waals surface area contributed by atoms with Gasteiger partial charge in [0.05, 0.1) is 0 Å². The van der Waals surface area contributed by atoms with Crippen molar-refractivity contribution in [3.63, 3.8) is 0 Å². The molecule has 1 aliphatic heterocycles. The molecule has 0 aromatic carbocycles. The second-order valence-electron chi connectivity index (χ2n) is 3.29. The molecule has 4 heteroatoms. The van der Waals surface area contributed by atoms with Crippen molar-refractivity contribution in [1.82, 2.24) is 4.68 Å². The highest BCUT2D eigenvalue weighted by Gasteiger charge is 2.22. The molecule has 12 heavy (non-hydrogen) atoms. The molecule has 0 radical (unpaired) electrons. The molecule has 1 aromatic heterocycles. The zero-order valence-electron chi connectivity index (χ0n) is 6.95. The van der Waals surface area contributed by atoms with Gasteiger partial charge in [-0.2, -0.15) is 4.68 Å². The van der Waals surface area contributed by atoms with E-state index in [1.807, 2.05) is 5.01 Å². The van der Waals surface area contributed by atoms with Crippen molar-refractivity contribution < 1.29 is 0 Å². The molecule has 2 rings (SSSR count). The topological polar surface area (TPSA) is 42.3 Å². The van der Waals surface area contributed by atoms with Crippen LogP contribution in [0.1, 0.15) is 25.7 Å². The van der Waals surface area contributed by atoms with E-state index < -0.39 is 0 Å². The van der Waals surface area contributed by atoms with Crippen LogP contribution in [0.25, 0.3) is 0 Å². The van der Waals surface area contributed by atoms with Gasteiger partial charge in [0.15, 0.2) is 0 Å². The van der Waals surface area contributed by atoms with E-state index >= 15 is 0 Å². The zero-order chi connectivity index (χ0) is 8.55. The molecule has 66 valence electrons. The molecule has 1 fully saturated rings. The lowest BCUT2D eigenvalue weighted by molar-refractivity contribution is 0.616. The second-order valence-corrected chi connectivity index (χ2v) is 3.29. The number of aromatic nitrogens is 1.